The highest BCUT2D eigenvalue weighted by Gasteiger charge is 2.43. The number of hydrogen-bond acceptors (Lipinski definition) is 2. The van der Waals surface area contributed by atoms with Crippen LogP contribution in [-0.2, 0) is 16.6 Å². The summed E-state index contributed by atoms with van der Waals surface area (Å²) in [6, 6.07) is 17.7. The Hall–Kier alpha value is -1.84. The fraction of sp³-hybridized carbons (Fsp3) is 0.435. The molecule has 1 saturated carbocycles. The topological polar surface area (TPSA) is 49.3 Å². The molecule has 27 heavy (non-hydrogen) atoms. The third-order valence-electron chi connectivity index (χ3n) is 5.71. The summed E-state index contributed by atoms with van der Waals surface area (Å²) >= 11 is 6.02. The Bertz CT molecular complexity index is 750. The number of aliphatic hydroxyl groups is 1. The van der Waals surface area contributed by atoms with Crippen molar-refractivity contribution in [1.82, 2.24) is 5.32 Å². The third-order valence-corrected chi connectivity index (χ3v) is 5.97. The summed E-state index contributed by atoms with van der Waals surface area (Å²) in [7, 11) is 0. The molecule has 1 unspecified atom stereocenters. The Kier molecular flexibility index (Phi) is 6.23. The summed E-state index contributed by atoms with van der Waals surface area (Å²) in [5.74, 6) is 0.0160. The van der Waals surface area contributed by atoms with Gasteiger partial charge in [0.25, 0.3) is 0 Å². The molecule has 0 aliphatic heterocycles. The van der Waals surface area contributed by atoms with Gasteiger partial charge in [-0.05, 0) is 55.9 Å². The van der Waals surface area contributed by atoms with Crippen LogP contribution >= 0.6 is 11.6 Å². The second-order valence-corrected chi connectivity index (χ2v) is 8.40. The quantitative estimate of drug-likeness (QED) is 0.728. The van der Waals surface area contributed by atoms with E-state index < -0.39 is 11.0 Å². The summed E-state index contributed by atoms with van der Waals surface area (Å²) in [5, 5.41) is 14.4. The van der Waals surface area contributed by atoms with Gasteiger partial charge in [-0.3, -0.25) is 4.79 Å². The predicted molar refractivity (Wildman–Crippen MR) is 110 cm³/mol. The van der Waals surface area contributed by atoms with Gasteiger partial charge in [-0.25, -0.2) is 0 Å². The first kappa shape index (κ1) is 19.9. The number of rotatable bonds is 7. The molecule has 1 aliphatic carbocycles. The van der Waals surface area contributed by atoms with Gasteiger partial charge in [-0.2, -0.15) is 0 Å². The Morgan fingerprint density at radius 2 is 1.74 bits per heavy atom. The van der Waals surface area contributed by atoms with Crippen molar-refractivity contribution in [2.75, 3.05) is 6.54 Å². The molecule has 2 aromatic carbocycles. The molecule has 0 aromatic heterocycles. The molecular weight excluding hydrogens is 358 g/mol. The van der Waals surface area contributed by atoms with Gasteiger partial charge in [0.05, 0.1) is 11.0 Å². The van der Waals surface area contributed by atoms with E-state index in [-0.39, 0.29) is 12.5 Å². The van der Waals surface area contributed by atoms with Crippen LogP contribution in [0.15, 0.2) is 54.6 Å². The minimum Gasteiger partial charge on any atom is -0.388 e. The zero-order valence-corrected chi connectivity index (χ0v) is 16.6. The van der Waals surface area contributed by atoms with Crippen molar-refractivity contribution >= 4 is 17.5 Å². The minimum atomic E-state index is -0.939. The number of benzene rings is 2. The van der Waals surface area contributed by atoms with Gasteiger partial charge < -0.3 is 10.4 Å². The molecule has 1 aliphatic rings. The zero-order chi connectivity index (χ0) is 19.3. The lowest BCUT2D eigenvalue weighted by Gasteiger charge is -2.31. The third kappa shape index (κ3) is 4.91. The molecule has 0 radical (unpaired) electrons. The minimum absolute atomic E-state index is 0.0160. The summed E-state index contributed by atoms with van der Waals surface area (Å²) in [6.45, 7) is 2.05. The molecule has 0 saturated heterocycles. The molecule has 3 nitrogen and oxygen atoms in total. The SMILES string of the molecule is CC(O)(CCc1ccccc1)CNC(=O)C1(c2ccc(Cl)cc2)CCCC1. The highest BCUT2D eigenvalue weighted by Crippen LogP contribution is 2.41. The molecular formula is C23H28ClNO2. The van der Waals surface area contributed by atoms with Gasteiger partial charge in [0, 0.05) is 11.6 Å². The van der Waals surface area contributed by atoms with Crippen molar-refractivity contribution in [1.29, 1.82) is 0 Å². The van der Waals surface area contributed by atoms with Crippen molar-refractivity contribution in [3.63, 3.8) is 0 Å². The van der Waals surface area contributed by atoms with Crippen molar-refractivity contribution in [3.8, 4) is 0 Å². The number of amides is 1. The van der Waals surface area contributed by atoms with Crippen LogP contribution in [0.25, 0.3) is 0 Å². The lowest BCUT2D eigenvalue weighted by Crippen LogP contribution is -2.48. The first-order valence-corrected chi connectivity index (χ1v) is 10.1. The van der Waals surface area contributed by atoms with E-state index in [0.717, 1.165) is 37.7 Å². The van der Waals surface area contributed by atoms with Crippen LogP contribution < -0.4 is 5.32 Å². The van der Waals surface area contributed by atoms with Crippen LogP contribution in [0.5, 0.6) is 0 Å². The maximum absolute atomic E-state index is 13.1. The molecule has 2 N–H and O–H groups in total. The van der Waals surface area contributed by atoms with Crippen LogP contribution in [0.1, 0.15) is 50.2 Å². The zero-order valence-electron chi connectivity index (χ0n) is 15.9. The monoisotopic (exact) mass is 385 g/mol. The van der Waals surface area contributed by atoms with Crippen molar-refractivity contribution in [2.24, 2.45) is 0 Å². The first-order chi connectivity index (χ1) is 12.9. The van der Waals surface area contributed by atoms with E-state index in [1.165, 1.54) is 5.56 Å². The summed E-state index contributed by atoms with van der Waals surface area (Å²) < 4.78 is 0. The molecule has 4 heteroatoms. The first-order valence-electron chi connectivity index (χ1n) is 9.72. The molecule has 2 aromatic rings. The maximum atomic E-state index is 13.1. The molecule has 0 heterocycles. The summed E-state index contributed by atoms with van der Waals surface area (Å²) in [5.41, 5.74) is 0.772. The normalized spacial score (nSPS) is 18.0. The molecule has 144 valence electrons. The Morgan fingerprint density at radius 1 is 1.11 bits per heavy atom. The lowest BCUT2D eigenvalue weighted by atomic mass is 9.78. The second kappa shape index (κ2) is 8.45. The largest absolute Gasteiger partial charge is 0.388 e. The molecule has 1 fully saturated rings. The van der Waals surface area contributed by atoms with Gasteiger partial charge in [0.2, 0.25) is 5.91 Å². The van der Waals surface area contributed by atoms with Crippen molar-refractivity contribution < 1.29 is 9.90 Å². The van der Waals surface area contributed by atoms with Crippen LogP contribution in [0.4, 0.5) is 0 Å². The summed E-state index contributed by atoms with van der Waals surface area (Å²) in [4.78, 5) is 13.1. The van der Waals surface area contributed by atoms with Gasteiger partial charge in [-0.15, -0.1) is 0 Å². The van der Waals surface area contributed by atoms with E-state index >= 15 is 0 Å². The van der Waals surface area contributed by atoms with E-state index in [4.69, 9.17) is 11.6 Å². The van der Waals surface area contributed by atoms with Crippen LogP contribution in [0, 0.1) is 0 Å². The van der Waals surface area contributed by atoms with Crippen LogP contribution in [-0.4, -0.2) is 23.2 Å². The Balaban J connectivity index is 1.63. The van der Waals surface area contributed by atoms with E-state index in [2.05, 4.69) is 17.4 Å². The lowest BCUT2D eigenvalue weighted by molar-refractivity contribution is -0.127. The van der Waals surface area contributed by atoms with Gasteiger partial charge >= 0.3 is 0 Å². The number of carbonyl (C=O) groups excluding carboxylic acids is 1. The Labute approximate surface area is 166 Å². The number of hydrogen-bond donors (Lipinski definition) is 2. The van der Waals surface area contributed by atoms with Crippen LogP contribution in [0.3, 0.4) is 0 Å². The smallest absolute Gasteiger partial charge is 0.230 e. The molecule has 3 rings (SSSR count). The van der Waals surface area contributed by atoms with Crippen LogP contribution in [0.2, 0.25) is 5.02 Å². The Morgan fingerprint density at radius 3 is 2.37 bits per heavy atom. The average molecular weight is 386 g/mol. The number of halogens is 1. The number of nitrogens with one attached hydrogen (secondary N) is 1. The van der Waals surface area contributed by atoms with Gasteiger partial charge in [0.1, 0.15) is 0 Å². The average Bonchev–Trinajstić information content (AvgIpc) is 3.17. The fourth-order valence-electron chi connectivity index (χ4n) is 3.98. The number of aryl methyl sites for hydroxylation is 1. The maximum Gasteiger partial charge on any atom is 0.230 e. The fourth-order valence-corrected chi connectivity index (χ4v) is 4.11. The predicted octanol–water partition coefficient (Wildman–Crippen LogP) is 4.65. The molecule has 0 bridgehead atoms. The van der Waals surface area contributed by atoms with E-state index in [0.29, 0.717) is 11.4 Å². The van der Waals surface area contributed by atoms with E-state index in [9.17, 15) is 9.90 Å². The highest BCUT2D eigenvalue weighted by atomic mass is 35.5. The van der Waals surface area contributed by atoms with Gasteiger partial charge in [0.15, 0.2) is 0 Å². The van der Waals surface area contributed by atoms with Crippen molar-refractivity contribution in [2.45, 2.75) is 56.5 Å². The highest BCUT2D eigenvalue weighted by molar-refractivity contribution is 6.30. The van der Waals surface area contributed by atoms with Gasteiger partial charge in [-0.1, -0.05) is 66.9 Å². The number of carbonyl (C=O) groups is 1. The van der Waals surface area contributed by atoms with Crippen molar-refractivity contribution in [3.05, 3.63) is 70.7 Å². The molecule has 1 atom stereocenters. The molecule has 0 spiro atoms. The standard InChI is InChI=1S/C23H28ClNO2/c1-22(27,16-13-18-7-3-2-4-8-18)17-25-21(26)23(14-5-6-15-23)19-9-11-20(24)12-10-19/h2-4,7-12,27H,5-6,13-17H2,1H3,(H,25,26). The molecule has 1 amide bonds. The van der Waals surface area contributed by atoms with E-state index in [1.807, 2.05) is 42.5 Å². The van der Waals surface area contributed by atoms with E-state index in [1.54, 1.807) is 6.92 Å². The second-order valence-electron chi connectivity index (χ2n) is 7.96. The summed E-state index contributed by atoms with van der Waals surface area (Å²) in [6.07, 6.45) is 5.15.